The van der Waals surface area contributed by atoms with E-state index >= 15 is 0 Å². The number of benzene rings is 1. The summed E-state index contributed by atoms with van der Waals surface area (Å²) < 4.78 is 7.38. The summed E-state index contributed by atoms with van der Waals surface area (Å²) in [6, 6.07) is 7.98. The minimum absolute atomic E-state index is 0.0225. The monoisotopic (exact) mass is 293 g/mol. The van der Waals surface area contributed by atoms with Crippen LogP contribution in [0, 0.1) is 6.92 Å². The summed E-state index contributed by atoms with van der Waals surface area (Å²) in [5.41, 5.74) is 7.83. The first kappa shape index (κ1) is 14.7. The van der Waals surface area contributed by atoms with E-state index in [-0.39, 0.29) is 12.1 Å². The van der Waals surface area contributed by atoms with Gasteiger partial charge in [-0.2, -0.15) is 5.10 Å². The van der Waals surface area contributed by atoms with Gasteiger partial charge >= 0.3 is 0 Å². The fourth-order valence-electron chi connectivity index (χ4n) is 2.08. The summed E-state index contributed by atoms with van der Waals surface area (Å²) in [6.07, 6.45) is 0.168. The lowest BCUT2D eigenvalue weighted by Gasteiger charge is -2.16. The average Bonchev–Trinajstić information content (AvgIpc) is 2.66. The van der Waals surface area contributed by atoms with Crippen molar-refractivity contribution in [2.75, 3.05) is 5.73 Å². The van der Waals surface area contributed by atoms with Gasteiger partial charge in [-0.3, -0.25) is 0 Å². The number of halogens is 1. The van der Waals surface area contributed by atoms with Crippen LogP contribution in [0.15, 0.2) is 24.3 Å². The molecule has 4 nitrogen and oxygen atoms in total. The minimum Gasteiger partial charge on any atom is -0.491 e. The van der Waals surface area contributed by atoms with Crippen molar-refractivity contribution in [1.82, 2.24) is 9.78 Å². The molecular weight excluding hydrogens is 274 g/mol. The van der Waals surface area contributed by atoms with Crippen molar-refractivity contribution in [2.45, 2.75) is 39.8 Å². The second kappa shape index (κ2) is 5.75. The zero-order valence-corrected chi connectivity index (χ0v) is 13.0. The Hall–Kier alpha value is -1.68. The van der Waals surface area contributed by atoms with Crippen LogP contribution in [0.5, 0.6) is 5.75 Å². The van der Waals surface area contributed by atoms with Crippen LogP contribution < -0.4 is 10.5 Å². The Morgan fingerprint density at radius 3 is 2.25 bits per heavy atom. The largest absolute Gasteiger partial charge is 0.491 e. The molecule has 108 valence electrons. The lowest BCUT2D eigenvalue weighted by molar-refractivity contribution is 0.242. The highest BCUT2D eigenvalue weighted by atomic mass is 35.5. The van der Waals surface area contributed by atoms with E-state index in [1.54, 1.807) is 4.68 Å². The summed E-state index contributed by atoms with van der Waals surface area (Å²) in [6.45, 7) is 7.90. The zero-order valence-electron chi connectivity index (χ0n) is 12.2. The minimum atomic E-state index is 0.0225. The Morgan fingerprint density at radius 1 is 1.20 bits per heavy atom. The van der Waals surface area contributed by atoms with E-state index in [0.717, 1.165) is 17.0 Å². The maximum atomic E-state index is 6.08. The molecule has 0 aliphatic heterocycles. The average molecular weight is 294 g/mol. The molecule has 0 saturated carbocycles. The third kappa shape index (κ3) is 2.90. The maximum Gasteiger partial charge on any atom is 0.141 e. The van der Waals surface area contributed by atoms with Crippen LogP contribution in [-0.4, -0.2) is 15.9 Å². The Bertz CT molecular complexity index is 590. The van der Waals surface area contributed by atoms with Gasteiger partial charge in [0, 0.05) is 0 Å². The molecule has 0 aliphatic rings. The number of hydrogen-bond acceptors (Lipinski definition) is 3. The second-order valence-electron chi connectivity index (χ2n) is 5.14. The number of hydrogen-bond donors (Lipinski definition) is 1. The molecule has 1 heterocycles. The van der Waals surface area contributed by atoms with Gasteiger partial charge in [0.2, 0.25) is 0 Å². The summed E-state index contributed by atoms with van der Waals surface area (Å²) in [4.78, 5) is 0. The Morgan fingerprint density at radius 2 is 1.80 bits per heavy atom. The summed E-state index contributed by atoms with van der Waals surface area (Å²) in [5, 5.41) is 4.91. The Balaban J connectivity index is 2.24. The van der Waals surface area contributed by atoms with Crippen molar-refractivity contribution in [2.24, 2.45) is 0 Å². The van der Waals surface area contributed by atoms with Gasteiger partial charge in [-0.25, -0.2) is 4.68 Å². The summed E-state index contributed by atoms with van der Waals surface area (Å²) in [7, 11) is 0. The molecule has 2 rings (SSSR count). The van der Waals surface area contributed by atoms with Crippen LogP contribution in [0.4, 0.5) is 5.82 Å². The number of ether oxygens (including phenoxy) is 1. The van der Waals surface area contributed by atoms with E-state index in [9.17, 15) is 0 Å². The Kier molecular flexibility index (Phi) is 4.23. The van der Waals surface area contributed by atoms with Crippen LogP contribution in [0.3, 0.4) is 0 Å². The summed E-state index contributed by atoms with van der Waals surface area (Å²) in [5.74, 6) is 1.36. The molecule has 1 aromatic carbocycles. The molecule has 1 atom stereocenters. The molecule has 0 fully saturated rings. The number of nitrogens with two attached hydrogens (primary N) is 1. The zero-order chi connectivity index (χ0) is 14.9. The van der Waals surface area contributed by atoms with Crippen LogP contribution in [-0.2, 0) is 0 Å². The van der Waals surface area contributed by atoms with E-state index in [2.05, 4.69) is 5.10 Å². The smallest absolute Gasteiger partial charge is 0.141 e. The van der Waals surface area contributed by atoms with E-state index in [4.69, 9.17) is 22.1 Å². The fourth-order valence-corrected chi connectivity index (χ4v) is 2.20. The molecule has 2 N–H and O–H groups in total. The predicted octanol–water partition coefficient (Wildman–Crippen LogP) is 3.82. The first-order chi connectivity index (χ1) is 9.40. The van der Waals surface area contributed by atoms with Gasteiger partial charge in [0.1, 0.15) is 16.6 Å². The topological polar surface area (TPSA) is 53.1 Å². The van der Waals surface area contributed by atoms with Crippen LogP contribution in [0.2, 0.25) is 5.02 Å². The van der Waals surface area contributed by atoms with E-state index in [1.807, 2.05) is 52.0 Å². The third-order valence-corrected chi connectivity index (χ3v) is 3.62. The van der Waals surface area contributed by atoms with Gasteiger partial charge in [-0.1, -0.05) is 23.7 Å². The molecule has 2 aromatic rings. The van der Waals surface area contributed by atoms with Crippen molar-refractivity contribution in [1.29, 1.82) is 0 Å². The molecular formula is C15H20ClN3O. The van der Waals surface area contributed by atoms with Gasteiger partial charge in [0.05, 0.1) is 17.8 Å². The van der Waals surface area contributed by atoms with Gasteiger partial charge in [-0.05, 0) is 45.4 Å². The van der Waals surface area contributed by atoms with Gasteiger partial charge < -0.3 is 10.5 Å². The third-order valence-electron chi connectivity index (χ3n) is 3.15. The standard InChI is InChI=1S/C15H20ClN3O/c1-9(2)20-13-7-5-12(6-8-13)11(4)19-15(17)14(16)10(3)18-19/h5-9,11H,17H2,1-4H3. The fraction of sp³-hybridized carbons (Fsp3) is 0.400. The SMILES string of the molecule is Cc1nn(C(C)c2ccc(OC(C)C)cc2)c(N)c1Cl. The van der Waals surface area contributed by atoms with E-state index in [0.29, 0.717) is 10.8 Å². The van der Waals surface area contributed by atoms with Gasteiger partial charge in [-0.15, -0.1) is 0 Å². The van der Waals surface area contributed by atoms with Crippen molar-refractivity contribution in [3.8, 4) is 5.75 Å². The predicted molar refractivity (Wildman–Crippen MR) is 82.4 cm³/mol. The van der Waals surface area contributed by atoms with Gasteiger partial charge in [0.25, 0.3) is 0 Å². The highest BCUT2D eigenvalue weighted by Crippen LogP contribution is 2.29. The molecule has 0 radical (unpaired) electrons. The number of aryl methyl sites for hydroxylation is 1. The Labute approximate surface area is 124 Å². The quantitative estimate of drug-likeness (QED) is 0.932. The number of nitrogen functional groups attached to an aromatic ring is 1. The molecule has 0 spiro atoms. The highest BCUT2D eigenvalue weighted by molar-refractivity contribution is 6.33. The van der Waals surface area contributed by atoms with Crippen LogP contribution >= 0.6 is 11.6 Å². The van der Waals surface area contributed by atoms with Crippen LogP contribution in [0.1, 0.15) is 38.1 Å². The van der Waals surface area contributed by atoms with E-state index in [1.165, 1.54) is 0 Å². The molecule has 5 heteroatoms. The number of nitrogens with zero attached hydrogens (tertiary/aromatic N) is 2. The molecule has 0 saturated heterocycles. The first-order valence-electron chi connectivity index (χ1n) is 6.66. The van der Waals surface area contributed by atoms with E-state index < -0.39 is 0 Å². The number of aromatic nitrogens is 2. The molecule has 0 aliphatic carbocycles. The van der Waals surface area contributed by atoms with Gasteiger partial charge in [0.15, 0.2) is 0 Å². The summed E-state index contributed by atoms with van der Waals surface area (Å²) >= 11 is 6.08. The number of anilines is 1. The molecule has 1 unspecified atom stereocenters. The number of rotatable bonds is 4. The normalized spacial score (nSPS) is 12.7. The molecule has 1 aromatic heterocycles. The molecule has 20 heavy (non-hydrogen) atoms. The van der Waals surface area contributed by atoms with Crippen molar-refractivity contribution >= 4 is 17.4 Å². The molecule has 0 bridgehead atoms. The first-order valence-corrected chi connectivity index (χ1v) is 7.04. The lowest BCUT2D eigenvalue weighted by Crippen LogP contribution is -2.12. The second-order valence-corrected chi connectivity index (χ2v) is 5.52. The highest BCUT2D eigenvalue weighted by Gasteiger charge is 2.16. The van der Waals surface area contributed by atoms with Crippen molar-refractivity contribution in [3.05, 3.63) is 40.5 Å². The van der Waals surface area contributed by atoms with Crippen LogP contribution in [0.25, 0.3) is 0 Å². The molecule has 0 amide bonds. The van der Waals surface area contributed by atoms with Crippen molar-refractivity contribution < 1.29 is 4.74 Å². The van der Waals surface area contributed by atoms with Crippen molar-refractivity contribution in [3.63, 3.8) is 0 Å². The maximum absolute atomic E-state index is 6.08. The lowest BCUT2D eigenvalue weighted by atomic mass is 10.1.